The fourth-order valence-corrected chi connectivity index (χ4v) is 4.53. The van der Waals surface area contributed by atoms with Gasteiger partial charge in [-0.3, -0.25) is 4.98 Å². The summed E-state index contributed by atoms with van der Waals surface area (Å²) < 4.78 is 70.5. The zero-order valence-electron chi connectivity index (χ0n) is 17.9. The van der Waals surface area contributed by atoms with E-state index in [1.165, 1.54) is 0 Å². The molecule has 0 fully saturated rings. The molecule has 0 bridgehead atoms. The Morgan fingerprint density at radius 1 is 1.12 bits per heavy atom. The van der Waals surface area contributed by atoms with Crippen LogP contribution in [0.15, 0.2) is 42.5 Å². The van der Waals surface area contributed by atoms with Gasteiger partial charge in [-0.1, -0.05) is 13.0 Å². The number of hydrogen-bond donors (Lipinski definition) is 3. The largest absolute Gasteiger partial charge is 0.505 e. The van der Waals surface area contributed by atoms with Gasteiger partial charge in [-0.15, -0.1) is 0 Å². The Kier molecular flexibility index (Phi) is 7.38. The third-order valence-corrected chi connectivity index (χ3v) is 6.45. The molecule has 3 N–H and O–H groups in total. The van der Waals surface area contributed by atoms with Gasteiger partial charge in [0.25, 0.3) is 0 Å². The summed E-state index contributed by atoms with van der Waals surface area (Å²) in [6, 6.07) is 9.49. The molecule has 0 aliphatic carbocycles. The second kappa shape index (κ2) is 9.72. The average Bonchev–Trinajstić information content (AvgIpc) is 2.74. The molecular formula is C23H23F5N2O2S. The van der Waals surface area contributed by atoms with Crippen molar-refractivity contribution in [3.8, 4) is 5.75 Å². The summed E-state index contributed by atoms with van der Waals surface area (Å²) in [6.45, 7) is 2.86. The number of rotatable bonds is 8. The van der Waals surface area contributed by atoms with Crippen LogP contribution in [0.2, 0.25) is 0 Å². The number of benzene rings is 2. The third kappa shape index (κ3) is 5.16. The van der Waals surface area contributed by atoms with Crippen molar-refractivity contribution in [3.63, 3.8) is 0 Å². The quantitative estimate of drug-likeness (QED) is 0.353. The summed E-state index contributed by atoms with van der Waals surface area (Å²) in [5.74, 6) is -6.14. The van der Waals surface area contributed by atoms with Crippen LogP contribution in [0.25, 0.3) is 10.9 Å². The summed E-state index contributed by atoms with van der Waals surface area (Å²) in [5.41, 5.74) is -2.28. The van der Waals surface area contributed by atoms with Crippen LogP contribution >= 0.6 is 11.8 Å². The van der Waals surface area contributed by atoms with Gasteiger partial charge in [-0.05, 0) is 43.0 Å². The number of aryl methyl sites for hydroxylation is 1. The van der Waals surface area contributed by atoms with Gasteiger partial charge in [-0.2, -0.15) is 24.9 Å². The van der Waals surface area contributed by atoms with Crippen LogP contribution in [0.5, 0.6) is 5.75 Å². The van der Waals surface area contributed by atoms with E-state index in [-0.39, 0.29) is 5.75 Å². The lowest BCUT2D eigenvalue weighted by atomic mass is 9.81. The summed E-state index contributed by atoms with van der Waals surface area (Å²) in [4.78, 5) is 4.38. The van der Waals surface area contributed by atoms with Crippen molar-refractivity contribution in [1.82, 2.24) is 4.98 Å². The van der Waals surface area contributed by atoms with Crippen LogP contribution in [0.3, 0.4) is 0 Å². The second-order valence-electron chi connectivity index (χ2n) is 7.64. The molecule has 2 atom stereocenters. The van der Waals surface area contributed by atoms with Gasteiger partial charge in [0.15, 0.2) is 17.2 Å². The number of aromatic hydroxyl groups is 1. The highest BCUT2D eigenvalue weighted by Gasteiger charge is 2.59. The molecule has 178 valence electrons. The Hall–Kier alpha value is -2.59. The molecule has 1 heterocycles. The normalized spacial score (nSPS) is 14.8. The predicted octanol–water partition coefficient (Wildman–Crippen LogP) is 5.77. The number of aromatic nitrogens is 1. The van der Waals surface area contributed by atoms with Gasteiger partial charge < -0.3 is 15.5 Å². The van der Waals surface area contributed by atoms with Crippen LogP contribution in [-0.2, 0) is 0 Å². The zero-order valence-corrected chi connectivity index (χ0v) is 18.7. The summed E-state index contributed by atoms with van der Waals surface area (Å²) in [7, 11) is 0. The van der Waals surface area contributed by atoms with Crippen LogP contribution in [-0.4, -0.2) is 45.0 Å². The number of nitrogens with zero attached hydrogens (tertiary/aromatic N) is 1. The second-order valence-corrected chi connectivity index (χ2v) is 8.92. The lowest BCUT2D eigenvalue weighted by molar-refractivity contribution is -0.258. The summed E-state index contributed by atoms with van der Waals surface area (Å²) >= 11 is 0.828. The molecule has 0 radical (unpaired) electrons. The number of halogens is 5. The Balaban J connectivity index is 2.10. The Morgan fingerprint density at radius 3 is 2.52 bits per heavy atom. The van der Waals surface area contributed by atoms with E-state index < -0.39 is 52.9 Å². The minimum absolute atomic E-state index is 0.274. The van der Waals surface area contributed by atoms with Crippen LogP contribution < -0.4 is 5.32 Å². The molecular weight excluding hydrogens is 463 g/mol. The van der Waals surface area contributed by atoms with Crippen LogP contribution in [0.4, 0.5) is 27.6 Å². The first kappa shape index (κ1) is 25.0. The van der Waals surface area contributed by atoms with E-state index in [0.29, 0.717) is 28.7 Å². The highest BCUT2D eigenvalue weighted by Crippen LogP contribution is 2.46. The first-order valence-electron chi connectivity index (χ1n) is 10.1. The molecule has 2 aromatic carbocycles. The minimum Gasteiger partial charge on any atom is -0.505 e. The third-order valence-electron chi connectivity index (χ3n) is 5.39. The van der Waals surface area contributed by atoms with Crippen molar-refractivity contribution in [2.45, 2.75) is 31.5 Å². The van der Waals surface area contributed by atoms with Crippen molar-refractivity contribution in [2.24, 2.45) is 0 Å². The van der Waals surface area contributed by atoms with Gasteiger partial charge >= 0.3 is 6.18 Å². The molecule has 0 amide bonds. The van der Waals surface area contributed by atoms with E-state index in [1.54, 1.807) is 44.2 Å². The van der Waals surface area contributed by atoms with E-state index in [2.05, 4.69) is 10.3 Å². The number of thioether (sulfide) groups is 1. The van der Waals surface area contributed by atoms with E-state index in [4.69, 9.17) is 0 Å². The molecule has 33 heavy (non-hydrogen) atoms. The van der Waals surface area contributed by atoms with Crippen molar-refractivity contribution in [2.75, 3.05) is 23.4 Å². The molecule has 0 spiro atoms. The maximum atomic E-state index is 14.1. The number of aliphatic hydroxyl groups is 1. The lowest BCUT2D eigenvalue weighted by Crippen LogP contribution is -2.54. The number of phenolic OH excluding ortho intramolecular Hbond substituents is 1. The fourth-order valence-electron chi connectivity index (χ4n) is 3.65. The van der Waals surface area contributed by atoms with Gasteiger partial charge in [0.1, 0.15) is 5.82 Å². The molecule has 3 aromatic rings. The number of alkyl halides is 3. The lowest BCUT2D eigenvalue weighted by Gasteiger charge is -2.38. The first-order chi connectivity index (χ1) is 15.5. The Labute approximate surface area is 191 Å². The molecule has 3 rings (SSSR count). The van der Waals surface area contributed by atoms with Crippen molar-refractivity contribution in [1.29, 1.82) is 0 Å². The highest BCUT2D eigenvalue weighted by atomic mass is 32.2. The van der Waals surface area contributed by atoms with Gasteiger partial charge in [0.05, 0.1) is 5.52 Å². The molecule has 0 saturated carbocycles. The smallest absolute Gasteiger partial charge is 0.418 e. The van der Waals surface area contributed by atoms with E-state index >= 15 is 0 Å². The number of anilines is 1. The topological polar surface area (TPSA) is 65.4 Å². The highest BCUT2D eigenvalue weighted by molar-refractivity contribution is 7.99. The van der Waals surface area contributed by atoms with E-state index in [0.717, 1.165) is 17.5 Å². The van der Waals surface area contributed by atoms with Crippen LogP contribution in [0, 0.1) is 18.6 Å². The number of fused-ring (bicyclic) bond motifs is 1. The predicted molar refractivity (Wildman–Crippen MR) is 120 cm³/mol. The zero-order chi connectivity index (χ0) is 24.4. The van der Waals surface area contributed by atoms with Crippen molar-refractivity contribution < 1.29 is 32.2 Å². The molecule has 10 heteroatoms. The minimum atomic E-state index is -5.14. The molecule has 0 saturated heterocycles. The number of phenols is 1. The first-order valence-corrected chi connectivity index (χ1v) is 11.3. The van der Waals surface area contributed by atoms with E-state index in [1.807, 2.05) is 0 Å². The maximum Gasteiger partial charge on any atom is 0.418 e. The number of pyridine rings is 1. The number of hydrogen-bond acceptors (Lipinski definition) is 5. The average molecular weight is 487 g/mol. The molecule has 0 unspecified atom stereocenters. The van der Waals surface area contributed by atoms with E-state index in [9.17, 15) is 32.2 Å². The van der Waals surface area contributed by atoms with Gasteiger partial charge in [-0.25, -0.2) is 8.78 Å². The standard InChI is InChI=1S/C23H23F5N2O2S/c1-3-33-12-22(32,23(26,27)28)17(16-9-14(24)10-18(25)21(16)31)11-29-19-5-4-6-20-15(19)8-7-13(2)30-20/h4-10,17,29,31-32H,3,11-12H2,1-2H3/t17-,22-/m0/s1. The Bertz CT molecular complexity index is 1140. The summed E-state index contributed by atoms with van der Waals surface area (Å²) in [6.07, 6.45) is -5.14. The molecule has 0 aliphatic rings. The van der Waals surface area contributed by atoms with Crippen LogP contribution in [0.1, 0.15) is 24.1 Å². The molecule has 1 aromatic heterocycles. The summed E-state index contributed by atoms with van der Waals surface area (Å²) in [5, 5.41) is 24.5. The van der Waals surface area contributed by atoms with Crippen molar-refractivity contribution >= 4 is 28.4 Å². The van der Waals surface area contributed by atoms with Crippen molar-refractivity contribution in [3.05, 3.63) is 65.4 Å². The molecule has 4 nitrogen and oxygen atoms in total. The fraction of sp³-hybridized carbons (Fsp3) is 0.348. The molecule has 0 aliphatic heterocycles. The maximum absolute atomic E-state index is 14.1. The SMILES string of the molecule is CCSC[C@](O)([C@@H](CNc1cccc2nc(C)ccc12)c1cc(F)cc(F)c1O)C(F)(F)F. The van der Waals surface area contributed by atoms with Gasteiger partial charge in [0, 0.05) is 46.6 Å². The number of nitrogens with one attached hydrogen (secondary N) is 1. The monoisotopic (exact) mass is 486 g/mol. The van der Waals surface area contributed by atoms with Gasteiger partial charge in [0.2, 0.25) is 0 Å². The Morgan fingerprint density at radius 2 is 1.85 bits per heavy atom.